The first-order valence-corrected chi connectivity index (χ1v) is 15.2. The molecule has 0 saturated heterocycles. The number of aromatic hydroxyl groups is 1. The highest BCUT2D eigenvalue weighted by molar-refractivity contribution is 7.95. The number of aryl methyl sites for hydroxylation is 2. The smallest absolute Gasteiger partial charge is 0.281 e. The Bertz CT molecular complexity index is 1710. The topological polar surface area (TPSA) is 122 Å². The normalized spacial score (nSPS) is 21.0. The second-order valence-corrected chi connectivity index (χ2v) is 13.9. The van der Waals surface area contributed by atoms with Crippen molar-refractivity contribution in [1.82, 2.24) is 4.98 Å². The summed E-state index contributed by atoms with van der Waals surface area (Å²) < 4.78 is 55.5. The molecule has 6 rings (SSSR count). The average Bonchev–Trinajstić information content (AvgIpc) is 3.65. The minimum atomic E-state index is -4.04. The number of phenols is 1. The highest BCUT2D eigenvalue weighted by atomic mass is 32.2. The summed E-state index contributed by atoms with van der Waals surface area (Å²) in [6, 6.07) is 7.46. The van der Waals surface area contributed by atoms with E-state index in [1.54, 1.807) is 32.0 Å². The van der Waals surface area contributed by atoms with Crippen LogP contribution in [0.15, 0.2) is 51.4 Å². The lowest BCUT2D eigenvalue weighted by atomic mass is 9.88. The molecule has 1 amide bonds. The molecule has 2 aromatic carbocycles. The number of oxazole rings is 1. The van der Waals surface area contributed by atoms with Gasteiger partial charge in [0.05, 0.1) is 23.0 Å². The Morgan fingerprint density at radius 1 is 1.24 bits per heavy atom. The summed E-state index contributed by atoms with van der Waals surface area (Å²) in [7, 11) is -4.04. The van der Waals surface area contributed by atoms with Gasteiger partial charge in [-0.1, -0.05) is 19.9 Å². The van der Waals surface area contributed by atoms with Gasteiger partial charge in [0.1, 0.15) is 34.8 Å². The number of ether oxygens (including phenoxy) is 1. The lowest BCUT2D eigenvalue weighted by Gasteiger charge is -2.37. The lowest BCUT2D eigenvalue weighted by Crippen LogP contribution is -2.41. The molecule has 1 atom stereocenters. The molecule has 216 valence electrons. The fraction of sp³-hybridized carbons (Fsp3) is 0.400. The molecule has 2 aliphatic heterocycles. The van der Waals surface area contributed by atoms with Crippen molar-refractivity contribution >= 4 is 27.1 Å². The van der Waals surface area contributed by atoms with Crippen LogP contribution in [0.25, 0.3) is 0 Å². The third-order valence-electron chi connectivity index (χ3n) is 7.71. The van der Waals surface area contributed by atoms with Gasteiger partial charge in [0, 0.05) is 24.3 Å². The molecule has 41 heavy (non-hydrogen) atoms. The van der Waals surface area contributed by atoms with Crippen LogP contribution in [0.4, 0.5) is 15.8 Å². The minimum Gasteiger partial charge on any atom is -0.506 e. The Kier molecular flexibility index (Phi) is 6.40. The van der Waals surface area contributed by atoms with E-state index in [1.807, 2.05) is 13.8 Å². The molecule has 3 aromatic rings. The molecule has 0 radical (unpaired) electrons. The van der Waals surface area contributed by atoms with Crippen LogP contribution in [0.3, 0.4) is 0 Å². The number of nitrogens with one attached hydrogen (secondary N) is 1. The van der Waals surface area contributed by atoms with E-state index in [-0.39, 0.29) is 50.7 Å². The second kappa shape index (κ2) is 9.61. The number of halogens is 1. The number of fused-ring (bicyclic) bond motifs is 1. The molecular formula is C30H32FN3O6S. The average molecular weight is 582 g/mol. The van der Waals surface area contributed by atoms with Crippen LogP contribution >= 0.6 is 0 Å². The van der Waals surface area contributed by atoms with Crippen molar-refractivity contribution in [3.63, 3.8) is 0 Å². The third-order valence-corrected chi connectivity index (χ3v) is 10.0. The van der Waals surface area contributed by atoms with E-state index in [9.17, 15) is 18.3 Å². The van der Waals surface area contributed by atoms with E-state index in [0.717, 1.165) is 12.8 Å². The summed E-state index contributed by atoms with van der Waals surface area (Å²) in [5.74, 6) is -0.534. The Balaban J connectivity index is 1.61. The maximum Gasteiger partial charge on any atom is 0.281 e. The summed E-state index contributed by atoms with van der Waals surface area (Å²) in [4.78, 5) is 19.7. The number of benzene rings is 2. The van der Waals surface area contributed by atoms with E-state index < -0.39 is 33.0 Å². The zero-order chi connectivity index (χ0) is 29.3. The van der Waals surface area contributed by atoms with Crippen molar-refractivity contribution in [2.24, 2.45) is 11.3 Å². The number of carbonyl (C=O) groups is 1. The molecule has 3 aliphatic rings. The van der Waals surface area contributed by atoms with E-state index >= 15 is 4.39 Å². The molecule has 3 heterocycles. The van der Waals surface area contributed by atoms with Gasteiger partial charge in [-0.3, -0.25) is 9.69 Å². The van der Waals surface area contributed by atoms with Gasteiger partial charge in [-0.2, -0.15) is 0 Å². The van der Waals surface area contributed by atoms with Crippen LogP contribution in [0.1, 0.15) is 66.9 Å². The molecule has 1 unspecified atom stereocenters. The maximum atomic E-state index is 16.1. The van der Waals surface area contributed by atoms with Crippen molar-refractivity contribution in [3.8, 4) is 11.5 Å². The largest absolute Gasteiger partial charge is 0.506 e. The van der Waals surface area contributed by atoms with Crippen LogP contribution in [0.2, 0.25) is 0 Å². The fourth-order valence-electron chi connectivity index (χ4n) is 5.77. The van der Waals surface area contributed by atoms with Crippen molar-refractivity contribution < 1.29 is 31.9 Å². The number of sulfone groups is 1. The standard InChI is InChI=1S/C30H32FN3O6S/c1-16-25(32-17(2)40-16)29(36)34-23-6-5-7-24(35)26(23)33-22-13-30(3,4)15-41(37,38)28(22)27(34)20-11-10-19(12-21(20)31)39-14-18-8-9-18/h5-7,10-12,18,27,33,35H,8-9,13-15H2,1-4H3. The molecule has 1 saturated carbocycles. The van der Waals surface area contributed by atoms with Gasteiger partial charge in [-0.15, -0.1) is 0 Å². The van der Waals surface area contributed by atoms with E-state index in [1.165, 1.54) is 23.1 Å². The fourth-order valence-corrected chi connectivity index (χ4v) is 8.13. The van der Waals surface area contributed by atoms with Crippen molar-refractivity contribution in [2.75, 3.05) is 22.6 Å². The van der Waals surface area contributed by atoms with E-state index in [2.05, 4.69) is 10.3 Å². The maximum absolute atomic E-state index is 16.1. The number of rotatable bonds is 5. The number of nitrogens with zero attached hydrogens (tertiary/aromatic N) is 2. The number of hydrogen-bond acceptors (Lipinski definition) is 8. The minimum absolute atomic E-state index is 0.0243. The quantitative estimate of drug-likeness (QED) is 0.363. The number of amides is 1. The first-order valence-electron chi connectivity index (χ1n) is 13.6. The third kappa shape index (κ3) is 4.96. The zero-order valence-corrected chi connectivity index (χ0v) is 24.1. The number of allylic oxidation sites excluding steroid dienone is 1. The van der Waals surface area contributed by atoms with Crippen LogP contribution in [-0.4, -0.2) is 36.8 Å². The highest BCUT2D eigenvalue weighted by Crippen LogP contribution is 2.52. The Morgan fingerprint density at radius 3 is 2.66 bits per heavy atom. The van der Waals surface area contributed by atoms with Crippen LogP contribution < -0.4 is 15.0 Å². The molecular weight excluding hydrogens is 549 g/mol. The molecule has 1 aliphatic carbocycles. The van der Waals surface area contributed by atoms with Crippen LogP contribution in [0.5, 0.6) is 11.5 Å². The van der Waals surface area contributed by atoms with Gasteiger partial charge in [0.2, 0.25) is 0 Å². The number of anilines is 2. The SMILES string of the molecule is Cc1nc(C(=O)N2c3cccc(O)c3NC3=C(C2c2ccc(OCC4CC4)cc2F)S(=O)(=O)CC(C)(C)C3)c(C)o1. The first-order chi connectivity index (χ1) is 19.3. The summed E-state index contributed by atoms with van der Waals surface area (Å²) in [6.07, 6.45) is 2.44. The van der Waals surface area contributed by atoms with Gasteiger partial charge in [0.25, 0.3) is 5.91 Å². The van der Waals surface area contributed by atoms with E-state index in [0.29, 0.717) is 30.4 Å². The summed E-state index contributed by atoms with van der Waals surface area (Å²) in [5, 5.41) is 14.1. The lowest BCUT2D eigenvalue weighted by molar-refractivity contribution is 0.0974. The van der Waals surface area contributed by atoms with Gasteiger partial charge < -0.3 is 19.6 Å². The molecule has 11 heteroatoms. The molecule has 1 fully saturated rings. The van der Waals surface area contributed by atoms with Gasteiger partial charge in [0.15, 0.2) is 21.4 Å². The Morgan fingerprint density at radius 2 is 2.00 bits per heavy atom. The predicted octanol–water partition coefficient (Wildman–Crippen LogP) is 5.79. The molecule has 2 N–H and O–H groups in total. The molecule has 0 bridgehead atoms. The van der Waals surface area contributed by atoms with Gasteiger partial charge in [-0.05, 0) is 61.8 Å². The Labute approximate surface area is 237 Å². The number of hydrogen-bond donors (Lipinski definition) is 2. The molecule has 1 aromatic heterocycles. The number of aromatic nitrogens is 1. The predicted molar refractivity (Wildman–Crippen MR) is 151 cm³/mol. The summed E-state index contributed by atoms with van der Waals surface area (Å²) >= 11 is 0. The van der Waals surface area contributed by atoms with E-state index in [4.69, 9.17) is 9.15 Å². The first kappa shape index (κ1) is 27.3. The van der Waals surface area contributed by atoms with Gasteiger partial charge in [-0.25, -0.2) is 17.8 Å². The summed E-state index contributed by atoms with van der Waals surface area (Å²) in [5.41, 5.74) is -0.0984. The van der Waals surface area contributed by atoms with Crippen LogP contribution in [0, 0.1) is 31.0 Å². The van der Waals surface area contributed by atoms with Crippen molar-refractivity contribution in [3.05, 3.63) is 75.7 Å². The van der Waals surface area contributed by atoms with Crippen molar-refractivity contribution in [1.29, 1.82) is 0 Å². The number of phenolic OH excluding ortho intramolecular Hbond substituents is 1. The zero-order valence-electron chi connectivity index (χ0n) is 23.3. The van der Waals surface area contributed by atoms with Gasteiger partial charge >= 0.3 is 0 Å². The second-order valence-electron chi connectivity index (χ2n) is 11.9. The number of para-hydroxylation sites is 1. The number of carbonyl (C=O) groups excluding carboxylic acids is 1. The van der Waals surface area contributed by atoms with Crippen molar-refractivity contribution in [2.45, 2.75) is 53.0 Å². The molecule has 9 nitrogen and oxygen atoms in total. The highest BCUT2D eigenvalue weighted by Gasteiger charge is 2.48. The summed E-state index contributed by atoms with van der Waals surface area (Å²) in [6.45, 7) is 7.32. The van der Waals surface area contributed by atoms with Crippen LogP contribution in [-0.2, 0) is 9.84 Å². The monoisotopic (exact) mass is 581 g/mol. The molecule has 0 spiro atoms. The Hall–Kier alpha value is -3.86.